The lowest BCUT2D eigenvalue weighted by atomic mass is 9.66. The van der Waals surface area contributed by atoms with E-state index >= 15 is 0 Å². The molecule has 1 aliphatic carbocycles. The number of Topliss-reactive ketones (excluding diaryl/α,β-unsaturated/α-hetero) is 1. The van der Waals surface area contributed by atoms with Gasteiger partial charge < -0.3 is 15.2 Å². The van der Waals surface area contributed by atoms with E-state index in [9.17, 15) is 9.59 Å². The smallest absolute Gasteiger partial charge is 0.316 e. The number of nitrogens with two attached hydrogens (primary N) is 1. The van der Waals surface area contributed by atoms with Crippen molar-refractivity contribution >= 4 is 11.8 Å². The summed E-state index contributed by atoms with van der Waals surface area (Å²) in [5, 5.41) is 0. The largest absolute Gasteiger partial charge is 0.487 e. The van der Waals surface area contributed by atoms with E-state index in [1.807, 2.05) is 13.8 Å². The second-order valence-corrected chi connectivity index (χ2v) is 12.9. The molecule has 0 saturated heterocycles. The van der Waals surface area contributed by atoms with Crippen molar-refractivity contribution in [3.63, 3.8) is 0 Å². The van der Waals surface area contributed by atoms with Gasteiger partial charge in [0.25, 0.3) is 0 Å². The molecule has 0 bridgehead atoms. The van der Waals surface area contributed by atoms with E-state index in [1.165, 1.54) is 19.3 Å². The van der Waals surface area contributed by atoms with Crippen molar-refractivity contribution in [2.45, 2.75) is 130 Å². The Labute approximate surface area is 218 Å². The number of rotatable bonds is 11. The number of carbonyl (C=O) groups excluding carboxylic acids is 2. The Morgan fingerprint density at radius 2 is 1.83 bits per heavy atom. The van der Waals surface area contributed by atoms with E-state index in [1.54, 1.807) is 0 Å². The number of hydrogen-bond acceptors (Lipinski definition) is 5. The third-order valence-electron chi connectivity index (χ3n) is 8.61. The normalized spacial score (nSPS) is 21.4. The van der Waals surface area contributed by atoms with Crippen LogP contribution >= 0.6 is 0 Å². The summed E-state index contributed by atoms with van der Waals surface area (Å²) in [6.45, 7) is 15.4. The predicted octanol–water partition coefficient (Wildman–Crippen LogP) is 7.23. The van der Waals surface area contributed by atoms with Crippen molar-refractivity contribution in [3.05, 3.63) is 23.3 Å². The second-order valence-electron chi connectivity index (χ2n) is 12.9. The van der Waals surface area contributed by atoms with E-state index in [4.69, 9.17) is 15.2 Å². The van der Waals surface area contributed by atoms with Crippen LogP contribution < -0.4 is 15.2 Å². The average Bonchev–Trinajstić information content (AvgIpc) is 2.79. The summed E-state index contributed by atoms with van der Waals surface area (Å²) >= 11 is 0. The van der Waals surface area contributed by atoms with Gasteiger partial charge in [0.15, 0.2) is 0 Å². The van der Waals surface area contributed by atoms with Crippen LogP contribution in [0.1, 0.15) is 130 Å². The van der Waals surface area contributed by atoms with Crippen molar-refractivity contribution < 1.29 is 19.1 Å². The molecule has 3 rings (SSSR count). The Kier molecular flexibility index (Phi) is 8.96. The Morgan fingerprint density at radius 3 is 2.50 bits per heavy atom. The molecule has 1 heterocycles. The first-order valence-electron chi connectivity index (χ1n) is 14.1. The van der Waals surface area contributed by atoms with Crippen molar-refractivity contribution in [3.8, 4) is 11.5 Å². The highest BCUT2D eigenvalue weighted by atomic mass is 16.5. The van der Waals surface area contributed by atoms with Gasteiger partial charge in [-0.3, -0.25) is 9.59 Å². The summed E-state index contributed by atoms with van der Waals surface area (Å²) in [4.78, 5) is 26.0. The molecule has 36 heavy (non-hydrogen) atoms. The van der Waals surface area contributed by atoms with E-state index < -0.39 is 5.41 Å². The number of esters is 1. The van der Waals surface area contributed by atoms with Crippen molar-refractivity contribution in [1.29, 1.82) is 0 Å². The van der Waals surface area contributed by atoms with Crippen LogP contribution in [0.3, 0.4) is 0 Å². The van der Waals surface area contributed by atoms with Crippen LogP contribution in [0.2, 0.25) is 0 Å². The molecule has 5 heteroatoms. The van der Waals surface area contributed by atoms with Crippen LogP contribution in [0.25, 0.3) is 0 Å². The molecule has 2 aliphatic rings. The van der Waals surface area contributed by atoms with Gasteiger partial charge in [0.1, 0.15) is 22.9 Å². The molecule has 2 atom stereocenters. The van der Waals surface area contributed by atoms with Gasteiger partial charge in [0.05, 0.1) is 5.41 Å². The lowest BCUT2D eigenvalue weighted by molar-refractivity contribution is -0.144. The molecule has 0 amide bonds. The maximum Gasteiger partial charge on any atom is 0.316 e. The van der Waals surface area contributed by atoms with E-state index in [0.29, 0.717) is 31.6 Å². The molecule has 0 radical (unpaired) electrons. The maximum atomic E-state index is 13.4. The van der Waals surface area contributed by atoms with Gasteiger partial charge in [-0.2, -0.15) is 0 Å². The van der Waals surface area contributed by atoms with Gasteiger partial charge in [0.2, 0.25) is 0 Å². The van der Waals surface area contributed by atoms with Crippen LogP contribution in [0.5, 0.6) is 11.5 Å². The predicted molar refractivity (Wildman–Crippen MR) is 146 cm³/mol. The molecular formula is C31H49NO4. The van der Waals surface area contributed by atoms with E-state index in [2.05, 4.69) is 46.8 Å². The van der Waals surface area contributed by atoms with Crippen LogP contribution in [-0.2, 0) is 15.0 Å². The lowest BCUT2D eigenvalue weighted by Crippen LogP contribution is -2.47. The Hall–Kier alpha value is -1.88. The van der Waals surface area contributed by atoms with Crippen molar-refractivity contribution in [2.24, 2.45) is 17.1 Å². The molecule has 1 fully saturated rings. The quantitative estimate of drug-likeness (QED) is 0.197. The molecule has 5 nitrogen and oxygen atoms in total. The highest BCUT2D eigenvalue weighted by Crippen LogP contribution is 2.55. The van der Waals surface area contributed by atoms with Crippen LogP contribution in [0, 0.1) is 11.3 Å². The monoisotopic (exact) mass is 499 g/mol. The zero-order valence-corrected chi connectivity index (χ0v) is 23.8. The second kappa shape index (κ2) is 11.2. The zero-order chi connectivity index (χ0) is 26.7. The first-order chi connectivity index (χ1) is 16.8. The first kappa shape index (κ1) is 28.7. The fraction of sp³-hybridized carbons (Fsp3) is 0.742. The fourth-order valence-corrected chi connectivity index (χ4v) is 6.05. The average molecular weight is 500 g/mol. The van der Waals surface area contributed by atoms with Crippen molar-refractivity contribution in [1.82, 2.24) is 0 Å². The SMILES string of the molecule is CCCCCCC(C)(C)c1cc(OC(=O)C(C)(C)CCCN)c2c(c1)OC(C)(C)[C@@H]1CCC(=O)C[C@@H]21. The van der Waals surface area contributed by atoms with E-state index in [-0.39, 0.29) is 34.6 Å². The molecule has 0 aromatic heterocycles. The zero-order valence-electron chi connectivity index (χ0n) is 23.8. The number of carbonyl (C=O) groups is 2. The molecule has 1 aromatic carbocycles. The third-order valence-corrected chi connectivity index (χ3v) is 8.61. The van der Waals surface area contributed by atoms with Crippen molar-refractivity contribution in [2.75, 3.05) is 6.54 Å². The Bertz CT molecular complexity index is 946. The van der Waals surface area contributed by atoms with Gasteiger partial charge in [-0.15, -0.1) is 0 Å². The minimum Gasteiger partial charge on any atom is -0.487 e. The number of ketones is 1. The maximum absolute atomic E-state index is 13.4. The molecule has 1 aliphatic heterocycles. The summed E-state index contributed by atoms with van der Waals surface area (Å²) in [5.74, 6) is 1.59. The summed E-state index contributed by atoms with van der Waals surface area (Å²) in [6, 6.07) is 4.22. The minimum atomic E-state index is -0.644. The Morgan fingerprint density at radius 1 is 1.11 bits per heavy atom. The number of hydrogen-bond donors (Lipinski definition) is 1. The molecule has 1 aromatic rings. The number of ether oxygens (including phenoxy) is 2. The molecular weight excluding hydrogens is 450 g/mol. The van der Waals surface area contributed by atoms with Crippen LogP contribution in [0.4, 0.5) is 0 Å². The standard InChI is InChI=1S/C31H49NO4/c1-8-9-10-11-15-29(2,3)21-18-25(35-28(34)30(4,5)16-12-17-32)27-23-20-22(33)13-14-24(23)31(6,7)36-26(27)19-21/h18-19,23-24H,8-17,20,32H2,1-7H3/t23-,24-/m1/s1. The molecule has 0 unspecified atom stereocenters. The van der Waals surface area contributed by atoms with Gasteiger partial charge in [0, 0.05) is 30.2 Å². The summed E-state index contributed by atoms with van der Waals surface area (Å²) < 4.78 is 12.9. The van der Waals surface area contributed by atoms with Gasteiger partial charge in [-0.1, -0.05) is 46.5 Å². The van der Waals surface area contributed by atoms with Crippen LogP contribution in [-0.4, -0.2) is 23.9 Å². The number of unbranched alkanes of at least 4 members (excludes halogenated alkanes) is 3. The topological polar surface area (TPSA) is 78.6 Å². The summed E-state index contributed by atoms with van der Waals surface area (Å²) in [5.41, 5.74) is 6.62. The van der Waals surface area contributed by atoms with Gasteiger partial charge in [-0.05, 0) is 83.0 Å². The molecule has 0 spiro atoms. The van der Waals surface area contributed by atoms with Gasteiger partial charge in [-0.25, -0.2) is 0 Å². The summed E-state index contributed by atoms with van der Waals surface area (Å²) in [7, 11) is 0. The minimum absolute atomic E-state index is 0.00155. The summed E-state index contributed by atoms with van der Waals surface area (Å²) in [6.07, 6.45) is 9.19. The lowest BCUT2D eigenvalue weighted by Gasteiger charge is -2.47. The highest BCUT2D eigenvalue weighted by Gasteiger charge is 2.48. The third kappa shape index (κ3) is 6.33. The van der Waals surface area contributed by atoms with E-state index in [0.717, 1.165) is 42.6 Å². The van der Waals surface area contributed by atoms with Gasteiger partial charge >= 0.3 is 5.97 Å². The molecule has 2 N–H and O–H groups in total. The Balaban J connectivity index is 2.06. The number of fused-ring (bicyclic) bond motifs is 3. The number of benzene rings is 1. The molecule has 202 valence electrons. The molecule has 1 saturated carbocycles. The highest BCUT2D eigenvalue weighted by molar-refractivity contribution is 5.82. The first-order valence-corrected chi connectivity index (χ1v) is 14.1. The fourth-order valence-electron chi connectivity index (χ4n) is 6.05. The van der Waals surface area contributed by atoms with Crippen LogP contribution in [0.15, 0.2) is 12.1 Å².